The molecule has 0 atom stereocenters. The predicted molar refractivity (Wildman–Crippen MR) is 74.6 cm³/mol. The van der Waals surface area contributed by atoms with Gasteiger partial charge in [0.25, 0.3) is 0 Å². The summed E-state index contributed by atoms with van der Waals surface area (Å²) >= 11 is 0. The third-order valence-corrected chi connectivity index (χ3v) is 3.49. The van der Waals surface area contributed by atoms with Gasteiger partial charge in [-0.05, 0) is 23.8 Å². The molecule has 0 bridgehead atoms. The largest absolute Gasteiger partial charge is 0.398 e. The molecule has 19 heavy (non-hydrogen) atoms. The highest BCUT2D eigenvalue weighted by atomic mass is 16.2. The molecule has 0 unspecified atom stereocenters. The van der Waals surface area contributed by atoms with E-state index in [1.165, 1.54) is 0 Å². The number of hydrogen-bond acceptors (Lipinski definition) is 4. The highest BCUT2D eigenvalue weighted by molar-refractivity contribution is 5.73. The van der Waals surface area contributed by atoms with Gasteiger partial charge in [-0.15, -0.1) is 0 Å². The van der Waals surface area contributed by atoms with Crippen molar-refractivity contribution >= 4 is 17.3 Å². The lowest BCUT2D eigenvalue weighted by Crippen LogP contribution is -2.48. The second-order valence-electron chi connectivity index (χ2n) is 4.71. The summed E-state index contributed by atoms with van der Waals surface area (Å²) < 4.78 is 0. The minimum absolute atomic E-state index is 0.127. The van der Waals surface area contributed by atoms with Gasteiger partial charge < -0.3 is 15.5 Å². The smallest absolute Gasteiger partial charge is 0.219 e. The van der Waals surface area contributed by atoms with Gasteiger partial charge in [0.2, 0.25) is 5.91 Å². The first-order valence-corrected chi connectivity index (χ1v) is 6.37. The zero-order chi connectivity index (χ0) is 13.8. The first kappa shape index (κ1) is 13.2. The Balaban J connectivity index is 2.09. The zero-order valence-electron chi connectivity index (χ0n) is 11.1. The van der Waals surface area contributed by atoms with E-state index in [2.05, 4.69) is 11.0 Å². The van der Waals surface area contributed by atoms with Crippen LogP contribution in [0.25, 0.3) is 0 Å². The summed E-state index contributed by atoms with van der Waals surface area (Å²) in [6.45, 7) is 4.72. The van der Waals surface area contributed by atoms with Crippen molar-refractivity contribution in [1.82, 2.24) is 4.90 Å². The van der Waals surface area contributed by atoms with Gasteiger partial charge in [0.05, 0.1) is 12.5 Å². The van der Waals surface area contributed by atoms with Crippen LogP contribution in [0.1, 0.15) is 12.5 Å². The van der Waals surface area contributed by atoms with Gasteiger partial charge in [-0.1, -0.05) is 0 Å². The molecule has 5 heteroatoms. The molecule has 5 nitrogen and oxygen atoms in total. The molecule has 0 aliphatic carbocycles. The van der Waals surface area contributed by atoms with E-state index < -0.39 is 0 Å². The highest BCUT2D eigenvalue weighted by Gasteiger charge is 2.19. The maximum Gasteiger partial charge on any atom is 0.219 e. The molecule has 0 saturated carbocycles. The van der Waals surface area contributed by atoms with Crippen molar-refractivity contribution in [3.8, 4) is 6.07 Å². The number of nitrogen functional groups attached to an aromatic ring is 1. The summed E-state index contributed by atoms with van der Waals surface area (Å²) in [5, 5.41) is 8.78. The maximum atomic E-state index is 11.3. The second-order valence-corrected chi connectivity index (χ2v) is 4.71. The van der Waals surface area contributed by atoms with Crippen LogP contribution in [0.2, 0.25) is 0 Å². The standard InChI is InChI=1S/C14H18N4O/c1-11(19)17-6-8-18(9-7-17)13-2-3-14(16)12(10-13)4-5-15/h2-3,10H,4,6-9,16H2,1H3. The Morgan fingerprint density at radius 2 is 2.05 bits per heavy atom. The summed E-state index contributed by atoms with van der Waals surface area (Å²) in [5.74, 6) is 0.127. The van der Waals surface area contributed by atoms with E-state index in [0.717, 1.165) is 37.4 Å². The monoisotopic (exact) mass is 258 g/mol. The van der Waals surface area contributed by atoms with Crippen LogP contribution in [0.4, 0.5) is 11.4 Å². The molecule has 1 amide bonds. The number of nitrogens with two attached hydrogens (primary N) is 1. The summed E-state index contributed by atoms with van der Waals surface area (Å²) in [5.41, 5.74) is 8.45. The third-order valence-electron chi connectivity index (χ3n) is 3.49. The second kappa shape index (κ2) is 5.61. The topological polar surface area (TPSA) is 73.4 Å². The third kappa shape index (κ3) is 2.97. The molecule has 0 spiro atoms. The molecular weight excluding hydrogens is 240 g/mol. The molecule has 2 rings (SSSR count). The van der Waals surface area contributed by atoms with Gasteiger partial charge in [-0.3, -0.25) is 4.79 Å². The number of nitriles is 1. The molecule has 1 saturated heterocycles. The predicted octanol–water partition coefficient (Wildman–Crippen LogP) is 1.00. The molecule has 1 aromatic rings. The normalized spacial score (nSPS) is 15.2. The van der Waals surface area contributed by atoms with Crippen molar-refractivity contribution < 1.29 is 4.79 Å². The maximum absolute atomic E-state index is 11.3. The Bertz CT molecular complexity index is 513. The minimum Gasteiger partial charge on any atom is -0.398 e. The number of nitrogens with zero attached hydrogens (tertiary/aromatic N) is 3. The molecule has 1 heterocycles. The molecule has 2 N–H and O–H groups in total. The van der Waals surface area contributed by atoms with Gasteiger partial charge in [-0.25, -0.2) is 0 Å². The summed E-state index contributed by atoms with van der Waals surface area (Å²) in [7, 11) is 0. The van der Waals surface area contributed by atoms with Crippen LogP contribution in [-0.2, 0) is 11.2 Å². The van der Waals surface area contributed by atoms with Gasteiger partial charge in [-0.2, -0.15) is 5.26 Å². The van der Waals surface area contributed by atoms with Crippen molar-refractivity contribution in [3.05, 3.63) is 23.8 Å². The van der Waals surface area contributed by atoms with Crippen molar-refractivity contribution in [2.75, 3.05) is 36.8 Å². The summed E-state index contributed by atoms with van der Waals surface area (Å²) in [6.07, 6.45) is 0.326. The van der Waals surface area contributed by atoms with E-state index in [9.17, 15) is 4.79 Å². The fourth-order valence-corrected chi connectivity index (χ4v) is 2.31. The number of benzene rings is 1. The van der Waals surface area contributed by atoms with Crippen molar-refractivity contribution in [3.63, 3.8) is 0 Å². The van der Waals surface area contributed by atoms with E-state index >= 15 is 0 Å². The van der Waals surface area contributed by atoms with Gasteiger partial charge in [0.1, 0.15) is 0 Å². The molecular formula is C14H18N4O. The number of anilines is 2. The average molecular weight is 258 g/mol. The number of piperazine rings is 1. The summed E-state index contributed by atoms with van der Waals surface area (Å²) in [6, 6.07) is 7.92. The quantitative estimate of drug-likeness (QED) is 0.803. The zero-order valence-corrected chi connectivity index (χ0v) is 11.1. The van der Waals surface area contributed by atoms with Crippen LogP contribution in [0, 0.1) is 11.3 Å². The van der Waals surface area contributed by atoms with Crippen LogP contribution in [0.5, 0.6) is 0 Å². The first-order valence-electron chi connectivity index (χ1n) is 6.37. The molecule has 1 aromatic carbocycles. The molecule has 1 aliphatic rings. The lowest BCUT2D eigenvalue weighted by molar-refractivity contribution is -0.129. The first-order chi connectivity index (χ1) is 9.11. The minimum atomic E-state index is 0.127. The molecule has 100 valence electrons. The van der Waals surface area contributed by atoms with Crippen molar-refractivity contribution in [2.45, 2.75) is 13.3 Å². The Morgan fingerprint density at radius 3 is 2.63 bits per heavy atom. The van der Waals surface area contributed by atoms with Crippen LogP contribution < -0.4 is 10.6 Å². The molecule has 1 aliphatic heterocycles. The Morgan fingerprint density at radius 1 is 1.37 bits per heavy atom. The van der Waals surface area contributed by atoms with E-state index in [0.29, 0.717) is 12.1 Å². The van der Waals surface area contributed by atoms with Crippen molar-refractivity contribution in [2.24, 2.45) is 0 Å². The number of rotatable bonds is 2. The van der Waals surface area contributed by atoms with Crippen LogP contribution >= 0.6 is 0 Å². The number of hydrogen-bond donors (Lipinski definition) is 1. The molecule has 0 radical (unpaired) electrons. The van der Waals surface area contributed by atoms with Gasteiger partial charge >= 0.3 is 0 Å². The Hall–Kier alpha value is -2.22. The molecule has 1 fully saturated rings. The van der Waals surface area contributed by atoms with Crippen LogP contribution in [0.15, 0.2) is 18.2 Å². The summed E-state index contributed by atoms with van der Waals surface area (Å²) in [4.78, 5) is 15.4. The van der Waals surface area contributed by atoms with Crippen LogP contribution in [0.3, 0.4) is 0 Å². The fraction of sp³-hybridized carbons (Fsp3) is 0.429. The van der Waals surface area contributed by atoms with Crippen LogP contribution in [-0.4, -0.2) is 37.0 Å². The fourth-order valence-electron chi connectivity index (χ4n) is 2.31. The van der Waals surface area contributed by atoms with Crippen molar-refractivity contribution in [1.29, 1.82) is 5.26 Å². The SMILES string of the molecule is CC(=O)N1CCN(c2ccc(N)c(CC#N)c2)CC1. The number of carbonyl (C=O) groups excluding carboxylic acids is 1. The number of carbonyl (C=O) groups is 1. The molecule has 0 aromatic heterocycles. The average Bonchev–Trinajstić information content (AvgIpc) is 2.41. The Kier molecular flexibility index (Phi) is 3.91. The van der Waals surface area contributed by atoms with E-state index in [1.807, 2.05) is 23.1 Å². The van der Waals surface area contributed by atoms with E-state index in [1.54, 1.807) is 6.92 Å². The lowest BCUT2D eigenvalue weighted by Gasteiger charge is -2.35. The van der Waals surface area contributed by atoms with Gasteiger partial charge in [0.15, 0.2) is 0 Å². The Labute approximate surface area is 113 Å². The van der Waals surface area contributed by atoms with E-state index in [4.69, 9.17) is 11.0 Å². The highest BCUT2D eigenvalue weighted by Crippen LogP contribution is 2.22. The van der Waals surface area contributed by atoms with E-state index in [-0.39, 0.29) is 5.91 Å². The number of amides is 1. The lowest BCUT2D eigenvalue weighted by atomic mass is 10.1. The van der Waals surface area contributed by atoms with Gasteiger partial charge in [0, 0.05) is 44.5 Å².